The lowest BCUT2D eigenvalue weighted by molar-refractivity contribution is -0.128. The van der Waals surface area contributed by atoms with E-state index < -0.39 is 29.9 Å². The molecule has 3 unspecified atom stereocenters. The summed E-state index contributed by atoms with van der Waals surface area (Å²) < 4.78 is 0. The van der Waals surface area contributed by atoms with Crippen LogP contribution in [0.3, 0.4) is 0 Å². The Morgan fingerprint density at radius 1 is 0.724 bits per heavy atom. The molecule has 0 aliphatic heterocycles. The highest BCUT2D eigenvalue weighted by atomic mass is 16.2. The van der Waals surface area contributed by atoms with Crippen molar-refractivity contribution < 1.29 is 28.8 Å². The Balaban J connectivity index is 4.73. The van der Waals surface area contributed by atoms with Gasteiger partial charge >= 0.3 is 0 Å². The zero-order chi connectivity index (χ0) is 22.6. The molecule has 0 fully saturated rings. The van der Waals surface area contributed by atoms with E-state index in [1.54, 1.807) is 0 Å². The van der Waals surface area contributed by atoms with Crippen LogP contribution in [-0.4, -0.2) is 53.1 Å². The van der Waals surface area contributed by atoms with Crippen molar-refractivity contribution in [2.75, 3.05) is 0 Å². The molecule has 29 heavy (non-hydrogen) atoms. The van der Waals surface area contributed by atoms with Crippen LogP contribution in [0, 0.1) is 0 Å². The summed E-state index contributed by atoms with van der Waals surface area (Å²) in [5.74, 6) is -1.44. The molecule has 0 radical (unpaired) electrons. The maximum Gasteiger partial charge on any atom is 0.237 e. The van der Waals surface area contributed by atoms with Crippen LogP contribution in [-0.2, 0) is 28.8 Å². The smallest absolute Gasteiger partial charge is 0.237 e. The van der Waals surface area contributed by atoms with Gasteiger partial charge < -0.3 is 26.0 Å². The Morgan fingerprint density at radius 3 is 1.76 bits per heavy atom. The number of Topliss-reactive ketones (excluding diaryl/α,β-unsaturated/α-hetero) is 4. The van der Waals surface area contributed by atoms with E-state index in [0.29, 0.717) is 0 Å². The number of nitrogens with one attached hydrogen (secondary N) is 2. The first kappa shape index (κ1) is 26.6. The van der Waals surface area contributed by atoms with E-state index in [0.717, 1.165) is 0 Å². The molecule has 164 valence electrons. The van der Waals surface area contributed by atoms with Gasteiger partial charge in [0.2, 0.25) is 11.8 Å². The standard InChI is InChI=1S/C20H33N3O6/c1-12(24)5-8-17(21)20(29)22-16(11-14(3)26)7-10-19(28)23-18(15(4)27)9-6-13(2)25/h16-18H,5-11,21H2,1-4H3,(H,22,29)(H,23,28). The largest absolute Gasteiger partial charge is 0.352 e. The number of rotatable bonds is 15. The van der Waals surface area contributed by atoms with Gasteiger partial charge in [-0.2, -0.15) is 0 Å². The summed E-state index contributed by atoms with van der Waals surface area (Å²) in [5.41, 5.74) is 5.76. The Hall–Kier alpha value is -2.42. The molecule has 3 atom stereocenters. The van der Waals surface area contributed by atoms with Gasteiger partial charge in [0.25, 0.3) is 0 Å². The topological polar surface area (TPSA) is 152 Å². The quantitative estimate of drug-likeness (QED) is 0.352. The van der Waals surface area contributed by atoms with E-state index in [1.807, 2.05) is 0 Å². The van der Waals surface area contributed by atoms with Crippen LogP contribution in [0.1, 0.15) is 72.6 Å². The Morgan fingerprint density at radius 2 is 1.28 bits per heavy atom. The number of amides is 2. The van der Waals surface area contributed by atoms with Crippen LogP contribution in [0.2, 0.25) is 0 Å². The predicted octanol–water partition coefficient (Wildman–Crippen LogP) is 0.370. The van der Waals surface area contributed by atoms with Gasteiger partial charge in [0.1, 0.15) is 17.3 Å². The molecule has 0 rings (SSSR count). The second kappa shape index (κ2) is 13.7. The predicted molar refractivity (Wildman–Crippen MR) is 107 cm³/mol. The summed E-state index contributed by atoms with van der Waals surface area (Å²) in [7, 11) is 0. The van der Waals surface area contributed by atoms with E-state index in [4.69, 9.17) is 5.73 Å². The summed E-state index contributed by atoms with van der Waals surface area (Å²) in [6.45, 7) is 5.54. The number of carbonyl (C=O) groups is 6. The second-order valence-corrected chi connectivity index (χ2v) is 7.47. The first-order valence-electron chi connectivity index (χ1n) is 9.76. The van der Waals surface area contributed by atoms with Crippen molar-refractivity contribution in [1.29, 1.82) is 0 Å². The van der Waals surface area contributed by atoms with Crippen LogP contribution < -0.4 is 16.4 Å². The molecule has 0 saturated carbocycles. The summed E-state index contributed by atoms with van der Waals surface area (Å²) in [6, 6.07) is -2.20. The van der Waals surface area contributed by atoms with Gasteiger partial charge in [0, 0.05) is 31.7 Å². The van der Waals surface area contributed by atoms with E-state index in [1.165, 1.54) is 27.7 Å². The summed E-state index contributed by atoms with van der Waals surface area (Å²) in [4.78, 5) is 69.6. The van der Waals surface area contributed by atoms with Crippen LogP contribution >= 0.6 is 0 Å². The average Bonchev–Trinajstić information content (AvgIpc) is 2.59. The number of hydrogen-bond donors (Lipinski definition) is 3. The minimum absolute atomic E-state index is 0.00916. The van der Waals surface area contributed by atoms with Crippen molar-refractivity contribution in [2.24, 2.45) is 5.73 Å². The third kappa shape index (κ3) is 13.4. The fourth-order valence-corrected chi connectivity index (χ4v) is 2.67. The molecule has 4 N–H and O–H groups in total. The van der Waals surface area contributed by atoms with Crippen molar-refractivity contribution in [3.05, 3.63) is 0 Å². The summed E-state index contributed by atoms with van der Waals surface area (Å²) in [6.07, 6.45) is 1.02. The van der Waals surface area contributed by atoms with Gasteiger partial charge in [0.05, 0.1) is 12.1 Å². The molecular weight excluding hydrogens is 378 g/mol. The molecule has 0 saturated heterocycles. The maximum absolute atomic E-state index is 12.2. The molecule has 0 aromatic rings. The van der Waals surface area contributed by atoms with Crippen LogP contribution in [0.5, 0.6) is 0 Å². The van der Waals surface area contributed by atoms with Crippen LogP contribution in [0.25, 0.3) is 0 Å². The van der Waals surface area contributed by atoms with Gasteiger partial charge in [-0.3, -0.25) is 19.2 Å². The van der Waals surface area contributed by atoms with Crippen LogP contribution in [0.15, 0.2) is 0 Å². The monoisotopic (exact) mass is 411 g/mol. The highest BCUT2D eigenvalue weighted by Gasteiger charge is 2.22. The van der Waals surface area contributed by atoms with E-state index in [-0.39, 0.29) is 68.1 Å². The number of carbonyl (C=O) groups excluding carboxylic acids is 6. The minimum atomic E-state index is -0.879. The van der Waals surface area contributed by atoms with E-state index >= 15 is 0 Å². The maximum atomic E-state index is 12.2. The molecule has 9 heteroatoms. The normalized spacial score (nSPS) is 13.7. The molecule has 0 aromatic heterocycles. The molecule has 2 amide bonds. The number of nitrogens with two attached hydrogens (primary N) is 1. The lowest BCUT2D eigenvalue weighted by atomic mass is 10.0. The molecule has 0 spiro atoms. The molecule has 9 nitrogen and oxygen atoms in total. The molecule has 0 heterocycles. The zero-order valence-corrected chi connectivity index (χ0v) is 17.7. The Labute approximate surface area is 171 Å². The third-order valence-corrected chi connectivity index (χ3v) is 4.36. The van der Waals surface area contributed by atoms with Crippen molar-refractivity contribution in [3.63, 3.8) is 0 Å². The first-order chi connectivity index (χ1) is 13.4. The highest BCUT2D eigenvalue weighted by molar-refractivity contribution is 5.88. The fraction of sp³-hybridized carbons (Fsp3) is 0.700. The summed E-state index contributed by atoms with van der Waals surface area (Å²) >= 11 is 0. The van der Waals surface area contributed by atoms with Crippen molar-refractivity contribution in [1.82, 2.24) is 10.6 Å². The lowest BCUT2D eigenvalue weighted by Crippen LogP contribution is -2.46. The molecule has 0 aliphatic rings. The Kier molecular flexibility index (Phi) is 12.6. The summed E-state index contributed by atoms with van der Waals surface area (Å²) in [5, 5.41) is 5.24. The Bertz CT molecular complexity index is 632. The van der Waals surface area contributed by atoms with Gasteiger partial charge in [-0.25, -0.2) is 0 Å². The first-order valence-corrected chi connectivity index (χ1v) is 9.76. The van der Waals surface area contributed by atoms with Crippen molar-refractivity contribution in [3.8, 4) is 0 Å². The highest BCUT2D eigenvalue weighted by Crippen LogP contribution is 2.07. The van der Waals surface area contributed by atoms with Crippen LogP contribution in [0.4, 0.5) is 0 Å². The average molecular weight is 411 g/mol. The third-order valence-electron chi connectivity index (χ3n) is 4.36. The lowest BCUT2D eigenvalue weighted by Gasteiger charge is -2.21. The van der Waals surface area contributed by atoms with Gasteiger partial charge in [0.15, 0.2) is 5.78 Å². The number of ketones is 4. The van der Waals surface area contributed by atoms with Crippen molar-refractivity contribution >= 4 is 34.9 Å². The van der Waals surface area contributed by atoms with Crippen molar-refractivity contribution in [2.45, 2.75) is 90.8 Å². The van der Waals surface area contributed by atoms with Gasteiger partial charge in [-0.15, -0.1) is 0 Å². The minimum Gasteiger partial charge on any atom is -0.352 e. The van der Waals surface area contributed by atoms with Gasteiger partial charge in [-0.05, 0) is 47.0 Å². The molecule has 0 aliphatic carbocycles. The fourth-order valence-electron chi connectivity index (χ4n) is 2.67. The SMILES string of the molecule is CC(=O)CCC(N)C(=O)NC(CCC(=O)NC(CCC(C)=O)C(C)=O)CC(C)=O. The van der Waals surface area contributed by atoms with E-state index in [2.05, 4.69) is 10.6 Å². The second-order valence-electron chi connectivity index (χ2n) is 7.47. The molecular formula is C20H33N3O6. The number of hydrogen-bond acceptors (Lipinski definition) is 7. The zero-order valence-electron chi connectivity index (χ0n) is 17.7. The van der Waals surface area contributed by atoms with Gasteiger partial charge in [-0.1, -0.05) is 0 Å². The van der Waals surface area contributed by atoms with E-state index in [9.17, 15) is 28.8 Å². The molecule has 0 aromatic carbocycles. The molecule has 0 bridgehead atoms.